The summed E-state index contributed by atoms with van der Waals surface area (Å²) in [7, 11) is 1.89. The number of hydrogen-bond donors (Lipinski definition) is 2. The van der Waals surface area contributed by atoms with Crippen LogP contribution in [-0.4, -0.2) is 26.0 Å². The fourth-order valence-corrected chi connectivity index (χ4v) is 1.71. The standard InChI is InChI=1S/C12H16Cl2N2O/c1-15-5-2-6-16-12(17)8-9-3-4-10(13)11(14)7-9/h3-4,7,15H,2,5-6,8H2,1H3,(H,16,17). The van der Waals surface area contributed by atoms with Crippen molar-refractivity contribution in [1.29, 1.82) is 0 Å². The number of carbonyl (C=O) groups excluding carboxylic acids is 1. The molecule has 0 aliphatic carbocycles. The van der Waals surface area contributed by atoms with E-state index in [4.69, 9.17) is 23.2 Å². The van der Waals surface area contributed by atoms with E-state index in [2.05, 4.69) is 10.6 Å². The van der Waals surface area contributed by atoms with Crippen molar-refractivity contribution in [3.8, 4) is 0 Å². The first-order valence-corrected chi connectivity index (χ1v) is 6.24. The van der Waals surface area contributed by atoms with Gasteiger partial charge in [-0.3, -0.25) is 4.79 Å². The minimum Gasteiger partial charge on any atom is -0.356 e. The molecular formula is C12H16Cl2N2O. The first-order valence-electron chi connectivity index (χ1n) is 5.48. The Morgan fingerprint density at radius 3 is 2.65 bits per heavy atom. The fourth-order valence-electron chi connectivity index (χ4n) is 1.39. The molecule has 1 aromatic carbocycles. The first-order chi connectivity index (χ1) is 8.13. The zero-order chi connectivity index (χ0) is 12.7. The van der Waals surface area contributed by atoms with Crippen molar-refractivity contribution < 1.29 is 4.79 Å². The topological polar surface area (TPSA) is 41.1 Å². The summed E-state index contributed by atoms with van der Waals surface area (Å²) < 4.78 is 0. The van der Waals surface area contributed by atoms with Crippen molar-refractivity contribution in [3.05, 3.63) is 33.8 Å². The molecular weight excluding hydrogens is 259 g/mol. The van der Waals surface area contributed by atoms with Crippen molar-refractivity contribution in [2.75, 3.05) is 20.1 Å². The average Bonchev–Trinajstić information content (AvgIpc) is 2.30. The molecule has 0 heterocycles. The van der Waals surface area contributed by atoms with Gasteiger partial charge in [-0.15, -0.1) is 0 Å². The van der Waals surface area contributed by atoms with Gasteiger partial charge in [-0.1, -0.05) is 29.3 Å². The third-order valence-electron chi connectivity index (χ3n) is 2.27. The lowest BCUT2D eigenvalue weighted by atomic mass is 10.1. The third-order valence-corrected chi connectivity index (χ3v) is 3.01. The molecule has 0 fully saturated rings. The van der Waals surface area contributed by atoms with Crippen LogP contribution in [0.5, 0.6) is 0 Å². The van der Waals surface area contributed by atoms with E-state index >= 15 is 0 Å². The van der Waals surface area contributed by atoms with Crippen LogP contribution in [0.2, 0.25) is 10.0 Å². The number of halogens is 2. The molecule has 0 spiro atoms. The number of amides is 1. The Morgan fingerprint density at radius 1 is 1.24 bits per heavy atom. The van der Waals surface area contributed by atoms with Crippen LogP contribution in [0.1, 0.15) is 12.0 Å². The fraction of sp³-hybridized carbons (Fsp3) is 0.417. The molecule has 0 atom stereocenters. The van der Waals surface area contributed by atoms with Gasteiger partial charge in [-0.05, 0) is 37.7 Å². The van der Waals surface area contributed by atoms with Crippen LogP contribution in [0, 0.1) is 0 Å². The molecule has 94 valence electrons. The second-order valence-electron chi connectivity index (χ2n) is 3.73. The monoisotopic (exact) mass is 274 g/mol. The summed E-state index contributed by atoms with van der Waals surface area (Å²) in [5, 5.41) is 6.85. The molecule has 0 unspecified atom stereocenters. The van der Waals surface area contributed by atoms with Gasteiger partial charge in [-0.25, -0.2) is 0 Å². The molecule has 2 N–H and O–H groups in total. The highest BCUT2D eigenvalue weighted by Crippen LogP contribution is 2.22. The minimum atomic E-state index is -0.000470. The Kier molecular flexibility index (Phi) is 6.34. The molecule has 5 heteroatoms. The highest BCUT2D eigenvalue weighted by molar-refractivity contribution is 6.42. The van der Waals surface area contributed by atoms with Crippen LogP contribution in [0.15, 0.2) is 18.2 Å². The second-order valence-corrected chi connectivity index (χ2v) is 4.55. The van der Waals surface area contributed by atoms with E-state index in [0.717, 1.165) is 18.5 Å². The van der Waals surface area contributed by atoms with Gasteiger partial charge in [0.25, 0.3) is 0 Å². The number of nitrogens with one attached hydrogen (secondary N) is 2. The molecule has 0 radical (unpaired) electrons. The largest absolute Gasteiger partial charge is 0.356 e. The molecule has 1 aromatic rings. The van der Waals surface area contributed by atoms with Gasteiger partial charge in [-0.2, -0.15) is 0 Å². The van der Waals surface area contributed by atoms with Gasteiger partial charge in [0.1, 0.15) is 0 Å². The molecule has 17 heavy (non-hydrogen) atoms. The highest BCUT2D eigenvalue weighted by Gasteiger charge is 2.04. The number of rotatable bonds is 6. The zero-order valence-corrected chi connectivity index (χ0v) is 11.2. The first kappa shape index (κ1) is 14.3. The van der Waals surface area contributed by atoms with Crippen molar-refractivity contribution in [1.82, 2.24) is 10.6 Å². The molecule has 0 saturated carbocycles. The van der Waals surface area contributed by atoms with Crippen LogP contribution in [0.4, 0.5) is 0 Å². The smallest absolute Gasteiger partial charge is 0.224 e. The predicted octanol–water partition coefficient (Wildman–Crippen LogP) is 2.26. The molecule has 0 aliphatic rings. The zero-order valence-electron chi connectivity index (χ0n) is 9.72. The maximum Gasteiger partial charge on any atom is 0.224 e. The molecule has 3 nitrogen and oxygen atoms in total. The van der Waals surface area contributed by atoms with Crippen LogP contribution < -0.4 is 10.6 Å². The predicted molar refractivity (Wildman–Crippen MR) is 71.7 cm³/mol. The molecule has 0 bridgehead atoms. The second kappa shape index (κ2) is 7.54. The van der Waals surface area contributed by atoms with Crippen LogP contribution >= 0.6 is 23.2 Å². The Hall–Kier alpha value is -0.770. The van der Waals surface area contributed by atoms with Crippen molar-refractivity contribution >= 4 is 29.1 Å². The summed E-state index contributed by atoms with van der Waals surface area (Å²) in [5.74, 6) is -0.000470. The Morgan fingerprint density at radius 2 is 2.00 bits per heavy atom. The van der Waals surface area contributed by atoms with Gasteiger partial charge in [0.15, 0.2) is 0 Å². The normalized spacial score (nSPS) is 10.3. The van der Waals surface area contributed by atoms with E-state index in [1.165, 1.54) is 0 Å². The number of benzene rings is 1. The SMILES string of the molecule is CNCCCNC(=O)Cc1ccc(Cl)c(Cl)c1. The average molecular weight is 275 g/mol. The van der Waals surface area contributed by atoms with Crippen LogP contribution in [0.3, 0.4) is 0 Å². The van der Waals surface area contributed by atoms with Crippen LogP contribution in [-0.2, 0) is 11.2 Å². The molecule has 0 aliphatic heterocycles. The summed E-state index contributed by atoms with van der Waals surface area (Å²) in [4.78, 5) is 11.6. The van der Waals surface area contributed by atoms with E-state index in [-0.39, 0.29) is 5.91 Å². The van der Waals surface area contributed by atoms with E-state index in [1.54, 1.807) is 18.2 Å². The quantitative estimate of drug-likeness (QED) is 0.782. The Bertz CT molecular complexity index is 383. The molecule has 0 aromatic heterocycles. The van der Waals surface area contributed by atoms with Gasteiger partial charge in [0, 0.05) is 6.54 Å². The van der Waals surface area contributed by atoms with Crippen molar-refractivity contribution in [2.24, 2.45) is 0 Å². The lowest BCUT2D eigenvalue weighted by Gasteiger charge is -2.06. The molecule has 0 saturated heterocycles. The lowest BCUT2D eigenvalue weighted by molar-refractivity contribution is -0.120. The highest BCUT2D eigenvalue weighted by atomic mass is 35.5. The molecule has 1 amide bonds. The molecule has 1 rings (SSSR count). The van der Waals surface area contributed by atoms with Gasteiger partial charge >= 0.3 is 0 Å². The van der Waals surface area contributed by atoms with E-state index in [0.29, 0.717) is 23.0 Å². The summed E-state index contributed by atoms with van der Waals surface area (Å²) in [6.45, 7) is 1.58. The van der Waals surface area contributed by atoms with Gasteiger partial charge in [0.2, 0.25) is 5.91 Å². The number of carbonyl (C=O) groups is 1. The van der Waals surface area contributed by atoms with E-state index in [1.807, 2.05) is 7.05 Å². The Balaban J connectivity index is 2.37. The minimum absolute atomic E-state index is 0.000470. The summed E-state index contributed by atoms with van der Waals surface area (Å²) in [6, 6.07) is 5.23. The number of hydrogen-bond acceptors (Lipinski definition) is 2. The lowest BCUT2D eigenvalue weighted by Crippen LogP contribution is -2.27. The summed E-state index contributed by atoms with van der Waals surface area (Å²) in [5.41, 5.74) is 0.866. The Labute approximate surface area is 111 Å². The van der Waals surface area contributed by atoms with E-state index in [9.17, 15) is 4.79 Å². The van der Waals surface area contributed by atoms with Gasteiger partial charge < -0.3 is 10.6 Å². The van der Waals surface area contributed by atoms with Crippen LogP contribution in [0.25, 0.3) is 0 Å². The maximum absolute atomic E-state index is 11.6. The summed E-state index contributed by atoms with van der Waals surface area (Å²) >= 11 is 11.7. The maximum atomic E-state index is 11.6. The third kappa shape index (κ3) is 5.39. The van der Waals surface area contributed by atoms with E-state index < -0.39 is 0 Å². The van der Waals surface area contributed by atoms with Crippen molar-refractivity contribution in [2.45, 2.75) is 12.8 Å². The van der Waals surface area contributed by atoms with Gasteiger partial charge in [0.05, 0.1) is 16.5 Å². The summed E-state index contributed by atoms with van der Waals surface area (Å²) in [6.07, 6.45) is 1.25. The van der Waals surface area contributed by atoms with Crippen molar-refractivity contribution in [3.63, 3.8) is 0 Å².